The summed E-state index contributed by atoms with van der Waals surface area (Å²) < 4.78 is 2.21. The first kappa shape index (κ1) is 11.2. The fourth-order valence-electron chi connectivity index (χ4n) is 3.94. The number of hydrogen-bond acceptors (Lipinski definition) is 1. The number of carbonyl (C=O) groups excluding carboxylic acids is 1. The number of hydrogen-bond donors (Lipinski definition) is 1. The van der Waals surface area contributed by atoms with Crippen molar-refractivity contribution in [1.82, 2.24) is 5.43 Å². The molecule has 1 amide bonds. The van der Waals surface area contributed by atoms with Gasteiger partial charge in [-0.15, -0.1) is 10.1 Å². The largest absolute Gasteiger partial charge is 0.284 e. The summed E-state index contributed by atoms with van der Waals surface area (Å²) in [6, 6.07) is 0.445. The molecule has 4 atom stereocenters. The second kappa shape index (κ2) is 3.33. The molecule has 94 valence electrons. The van der Waals surface area contributed by atoms with Crippen molar-refractivity contribution in [3.8, 4) is 0 Å². The molecule has 17 heavy (non-hydrogen) atoms. The Kier molecular flexibility index (Phi) is 2.20. The van der Waals surface area contributed by atoms with Crippen LogP contribution in [0.15, 0.2) is 0 Å². The van der Waals surface area contributed by atoms with Gasteiger partial charge in [-0.1, -0.05) is 20.8 Å². The molecule has 0 spiro atoms. The fourth-order valence-corrected chi connectivity index (χ4v) is 3.94. The lowest BCUT2D eigenvalue weighted by molar-refractivity contribution is -0.606. The third-order valence-corrected chi connectivity index (χ3v) is 5.15. The van der Waals surface area contributed by atoms with Crippen LogP contribution in [0.1, 0.15) is 47.0 Å². The summed E-state index contributed by atoms with van der Waals surface area (Å²) in [4.78, 5) is 12.1. The molecule has 3 nitrogen and oxygen atoms in total. The molecular formula is C14H23N2O+. The highest BCUT2D eigenvalue weighted by Crippen LogP contribution is 2.51. The van der Waals surface area contributed by atoms with Crippen LogP contribution in [0, 0.1) is 23.2 Å². The Bertz CT molecular complexity index is 405. The summed E-state index contributed by atoms with van der Waals surface area (Å²) >= 11 is 0. The maximum absolute atomic E-state index is 12.1. The molecule has 1 N–H and O–H groups in total. The van der Waals surface area contributed by atoms with Crippen LogP contribution in [0.2, 0.25) is 0 Å². The first-order valence-corrected chi connectivity index (χ1v) is 6.83. The molecule has 1 heterocycles. The van der Waals surface area contributed by atoms with E-state index in [1.165, 1.54) is 25.0 Å². The predicted octanol–water partition coefficient (Wildman–Crippen LogP) is 1.97. The molecule has 4 unspecified atom stereocenters. The van der Waals surface area contributed by atoms with Gasteiger partial charge in [0.15, 0.2) is 11.8 Å². The van der Waals surface area contributed by atoms with E-state index in [4.69, 9.17) is 0 Å². The van der Waals surface area contributed by atoms with Gasteiger partial charge in [-0.05, 0) is 25.2 Å². The topological polar surface area (TPSA) is 32.1 Å². The van der Waals surface area contributed by atoms with E-state index in [0.29, 0.717) is 12.0 Å². The molecule has 3 heteroatoms. The highest BCUT2D eigenvalue weighted by Gasteiger charge is 2.62. The molecular weight excluding hydrogens is 212 g/mol. The lowest BCUT2D eigenvalue weighted by atomic mass is 9.84. The molecule has 2 bridgehead atoms. The monoisotopic (exact) mass is 235 g/mol. The van der Waals surface area contributed by atoms with Gasteiger partial charge in [-0.2, -0.15) is 0 Å². The van der Waals surface area contributed by atoms with E-state index < -0.39 is 0 Å². The number of amides is 1. The molecule has 3 rings (SSSR count). The minimum Gasteiger partial charge on any atom is -0.269 e. The number of rotatable bonds is 0. The average Bonchev–Trinajstić information content (AvgIpc) is 2.87. The first-order valence-electron chi connectivity index (χ1n) is 6.83. The third-order valence-electron chi connectivity index (χ3n) is 5.15. The molecule has 2 aliphatic carbocycles. The molecule has 1 saturated heterocycles. The maximum atomic E-state index is 12.1. The molecule has 0 radical (unpaired) electrons. The van der Waals surface area contributed by atoms with Crippen molar-refractivity contribution in [2.45, 2.75) is 53.0 Å². The SMILES string of the molecule is CC(=[N+]1NC(=O)C2C3CCC(C3)C21)C(C)(C)C. The lowest BCUT2D eigenvalue weighted by Crippen LogP contribution is -2.41. The standard InChI is InChI=1S/C14H22N2O/c1-8(14(2,3)4)16-12-10-6-5-9(7-10)11(12)13(17)15-16/h9-12H,5-7H2,1-4H3/p+1. The number of hydrazone groups is 1. The number of nitrogens with zero attached hydrogens (tertiary/aromatic N) is 1. The summed E-state index contributed by atoms with van der Waals surface area (Å²) in [5.74, 6) is 1.93. The zero-order valence-corrected chi connectivity index (χ0v) is 11.3. The quantitative estimate of drug-likeness (QED) is 0.640. The van der Waals surface area contributed by atoms with Gasteiger partial charge in [0.1, 0.15) is 5.92 Å². The minimum atomic E-state index is 0.129. The summed E-state index contributed by atoms with van der Waals surface area (Å²) in [5, 5.41) is 0. The molecule has 0 aromatic rings. The van der Waals surface area contributed by atoms with Crippen LogP contribution in [0.25, 0.3) is 0 Å². The van der Waals surface area contributed by atoms with Crippen molar-refractivity contribution in [3.63, 3.8) is 0 Å². The summed E-state index contributed by atoms with van der Waals surface area (Å²) in [5.41, 5.74) is 4.55. The average molecular weight is 235 g/mol. The smallest absolute Gasteiger partial charge is 0.269 e. The first-order chi connectivity index (χ1) is 7.89. The van der Waals surface area contributed by atoms with E-state index >= 15 is 0 Å². The van der Waals surface area contributed by atoms with Crippen LogP contribution in [0.4, 0.5) is 0 Å². The van der Waals surface area contributed by atoms with Crippen LogP contribution in [-0.4, -0.2) is 22.3 Å². The van der Waals surface area contributed by atoms with E-state index in [1.54, 1.807) is 0 Å². The lowest BCUT2D eigenvalue weighted by Gasteiger charge is -2.21. The number of fused-ring (bicyclic) bond motifs is 5. The molecule has 2 saturated carbocycles. The van der Waals surface area contributed by atoms with E-state index in [1.807, 2.05) is 0 Å². The third kappa shape index (κ3) is 1.47. The summed E-state index contributed by atoms with van der Waals surface area (Å²) in [7, 11) is 0. The Hall–Kier alpha value is -0.860. The fraction of sp³-hybridized carbons (Fsp3) is 0.857. The Morgan fingerprint density at radius 2 is 1.94 bits per heavy atom. The molecule has 0 aromatic heterocycles. The molecule has 0 aromatic carbocycles. The zero-order valence-electron chi connectivity index (χ0n) is 11.3. The summed E-state index contributed by atoms with van der Waals surface area (Å²) in [6.07, 6.45) is 3.85. The van der Waals surface area contributed by atoms with Crippen molar-refractivity contribution >= 4 is 11.6 Å². The van der Waals surface area contributed by atoms with E-state index in [0.717, 1.165) is 5.92 Å². The number of hydrazine groups is 1. The van der Waals surface area contributed by atoms with Gasteiger partial charge in [-0.25, -0.2) is 0 Å². The van der Waals surface area contributed by atoms with Crippen molar-refractivity contribution in [2.75, 3.05) is 0 Å². The van der Waals surface area contributed by atoms with Gasteiger partial charge in [0.05, 0.1) is 0 Å². The van der Waals surface area contributed by atoms with Gasteiger partial charge >= 0.3 is 0 Å². The van der Waals surface area contributed by atoms with Gasteiger partial charge < -0.3 is 0 Å². The van der Waals surface area contributed by atoms with E-state index in [-0.39, 0.29) is 17.2 Å². The van der Waals surface area contributed by atoms with Crippen LogP contribution in [0.3, 0.4) is 0 Å². The van der Waals surface area contributed by atoms with Crippen molar-refractivity contribution in [3.05, 3.63) is 0 Å². The number of nitrogens with one attached hydrogen (secondary N) is 1. The molecule has 3 fully saturated rings. The number of carbonyl (C=O) groups is 1. The van der Waals surface area contributed by atoms with E-state index in [2.05, 4.69) is 37.8 Å². The van der Waals surface area contributed by atoms with Crippen molar-refractivity contribution in [1.29, 1.82) is 0 Å². The second-order valence-electron chi connectivity index (χ2n) is 7.03. The predicted molar refractivity (Wildman–Crippen MR) is 66.6 cm³/mol. The van der Waals surface area contributed by atoms with E-state index in [9.17, 15) is 4.79 Å². The second-order valence-corrected chi connectivity index (χ2v) is 7.03. The van der Waals surface area contributed by atoms with Crippen molar-refractivity contribution in [2.24, 2.45) is 23.2 Å². The highest BCUT2D eigenvalue weighted by molar-refractivity contribution is 5.86. The van der Waals surface area contributed by atoms with Crippen LogP contribution in [-0.2, 0) is 4.79 Å². The normalized spacial score (nSPS) is 42.7. The summed E-state index contributed by atoms with van der Waals surface area (Å²) in [6.45, 7) is 8.81. The molecule has 3 aliphatic rings. The van der Waals surface area contributed by atoms with Gasteiger partial charge in [0.25, 0.3) is 5.91 Å². The van der Waals surface area contributed by atoms with Gasteiger partial charge in [0, 0.05) is 18.3 Å². The zero-order chi connectivity index (χ0) is 12.4. The Morgan fingerprint density at radius 3 is 2.59 bits per heavy atom. The van der Waals surface area contributed by atoms with Crippen molar-refractivity contribution < 1.29 is 9.48 Å². The Balaban J connectivity index is 2.02. The van der Waals surface area contributed by atoms with Crippen LogP contribution in [0.5, 0.6) is 0 Å². The maximum Gasteiger partial charge on any atom is 0.284 e. The van der Waals surface area contributed by atoms with Gasteiger partial charge in [-0.3, -0.25) is 4.79 Å². The molecule has 1 aliphatic heterocycles. The Morgan fingerprint density at radius 1 is 1.29 bits per heavy atom. The highest BCUT2D eigenvalue weighted by atomic mass is 16.2. The van der Waals surface area contributed by atoms with Crippen LogP contribution >= 0.6 is 0 Å². The minimum absolute atomic E-state index is 0.129. The van der Waals surface area contributed by atoms with Gasteiger partial charge in [0.2, 0.25) is 0 Å². The Labute approximate surface area is 103 Å². The van der Waals surface area contributed by atoms with Crippen LogP contribution < -0.4 is 5.43 Å².